The van der Waals surface area contributed by atoms with Crippen molar-refractivity contribution in [3.8, 4) is 5.75 Å². The number of fused-ring (bicyclic) bond motifs is 2. The number of rotatable bonds is 11. The quantitative estimate of drug-likeness (QED) is 0.183. The largest absolute Gasteiger partial charge is 0.478 e. The van der Waals surface area contributed by atoms with Crippen LogP contribution in [0.2, 0.25) is 5.02 Å². The van der Waals surface area contributed by atoms with E-state index in [-0.39, 0.29) is 48.1 Å². The van der Waals surface area contributed by atoms with Gasteiger partial charge in [-0.05, 0) is 88.3 Å². The van der Waals surface area contributed by atoms with Gasteiger partial charge in [0.05, 0.1) is 28.5 Å². The van der Waals surface area contributed by atoms with E-state index in [9.17, 15) is 28.8 Å². The fourth-order valence-electron chi connectivity index (χ4n) is 9.94. The van der Waals surface area contributed by atoms with Crippen molar-refractivity contribution in [2.75, 3.05) is 74.6 Å². The van der Waals surface area contributed by atoms with Crippen molar-refractivity contribution >= 4 is 75.2 Å². The summed E-state index contributed by atoms with van der Waals surface area (Å²) < 4.78 is 7.27. The number of anilines is 4. The van der Waals surface area contributed by atoms with E-state index >= 15 is 0 Å². The number of imide groups is 2. The Balaban J connectivity index is 0.778. The van der Waals surface area contributed by atoms with Crippen LogP contribution in [0.3, 0.4) is 0 Å². The van der Waals surface area contributed by atoms with E-state index in [1.807, 2.05) is 38.1 Å². The van der Waals surface area contributed by atoms with Gasteiger partial charge in [0.1, 0.15) is 11.1 Å². The van der Waals surface area contributed by atoms with Gasteiger partial charge in [-0.1, -0.05) is 17.7 Å². The fourth-order valence-corrected chi connectivity index (χ4v) is 10.1. The number of piperazine rings is 1. The lowest BCUT2D eigenvalue weighted by Gasteiger charge is -2.55. The zero-order valence-corrected chi connectivity index (χ0v) is 36.4. The lowest BCUT2D eigenvalue weighted by molar-refractivity contribution is -0.136. The van der Waals surface area contributed by atoms with Crippen molar-refractivity contribution in [3.05, 3.63) is 75.2 Å². The van der Waals surface area contributed by atoms with E-state index in [1.165, 1.54) is 7.05 Å². The Morgan fingerprint density at radius 1 is 0.968 bits per heavy atom. The zero-order valence-electron chi connectivity index (χ0n) is 35.6. The highest BCUT2D eigenvalue weighted by atomic mass is 35.5. The summed E-state index contributed by atoms with van der Waals surface area (Å²) >= 11 is 6.61. The van der Waals surface area contributed by atoms with E-state index in [4.69, 9.17) is 21.3 Å². The normalized spacial score (nSPS) is 20.3. The summed E-state index contributed by atoms with van der Waals surface area (Å²) in [6.45, 7) is 9.58. The minimum Gasteiger partial charge on any atom is -0.478 e. The molecule has 1 spiro atoms. The molecule has 2 aromatic carbocycles. The number of benzene rings is 2. The summed E-state index contributed by atoms with van der Waals surface area (Å²) in [4.78, 5) is 93.8. The Kier molecular flexibility index (Phi) is 11.3. The Labute approximate surface area is 369 Å². The molecule has 330 valence electrons. The third kappa shape index (κ3) is 8.08. The summed E-state index contributed by atoms with van der Waals surface area (Å²) in [7, 11) is 1.51. The average Bonchev–Trinajstić information content (AvgIpc) is 3.51. The fraction of sp³-hybridized carbons (Fsp3) is 0.467. The molecule has 18 heteroatoms. The van der Waals surface area contributed by atoms with Crippen molar-refractivity contribution in [1.29, 1.82) is 0 Å². The van der Waals surface area contributed by atoms with Gasteiger partial charge in [0, 0.05) is 81.8 Å². The molecule has 3 N–H and O–H groups in total. The van der Waals surface area contributed by atoms with Gasteiger partial charge in [-0.2, -0.15) is 4.98 Å². The van der Waals surface area contributed by atoms with Gasteiger partial charge < -0.3 is 29.7 Å². The summed E-state index contributed by atoms with van der Waals surface area (Å²) in [5.74, 6) is -0.534. The highest BCUT2D eigenvalue weighted by molar-refractivity contribution is 6.33. The van der Waals surface area contributed by atoms with Crippen LogP contribution in [0.25, 0.3) is 10.9 Å². The number of hydrogen-bond donors (Lipinski definition) is 3. The van der Waals surface area contributed by atoms with Gasteiger partial charge in [-0.25, -0.2) is 4.98 Å². The molecule has 1 aliphatic carbocycles. The molecule has 5 amide bonds. The minimum absolute atomic E-state index is 0.0879. The monoisotopic (exact) mass is 878 g/mol. The van der Waals surface area contributed by atoms with Crippen LogP contribution in [0, 0.1) is 11.3 Å². The van der Waals surface area contributed by atoms with Crippen molar-refractivity contribution in [2.24, 2.45) is 11.3 Å². The molecule has 3 saturated heterocycles. The molecule has 4 aromatic rings. The van der Waals surface area contributed by atoms with Crippen LogP contribution in [0.5, 0.6) is 5.75 Å². The summed E-state index contributed by atoms with van der Waals surface area (Å²) in [5, 5.41) is 9.23. The first-order valence-electron chi connectivity index (χ1n) is 21.7. The topological polar surface area (TPSA) is 191 Å². The van der Waals surface area contributed by atoms with Gasteiger partial charge in [0.15, 0.2) is 18.2 Å². The molecule has 0 radical (unpaired) electrons. The Morgan fingerprint density at radius 2 is 1.73 bits per heavy atom. The van der Waals surface area contributed by atoms with Crippen molar-refractivity contribution in [1.82, 2.24) is 35.0 Å². The second kappa shape index (κ2) is 16.9. The number of hydrogen-bond acceptors (Lipinski definition) is 13. The first-order chi connectivity index (χ1) is 30.3. The number of carbonyl (C=O) groups excluding carboxylic acids is 5. The number of likely N-dealkylation sites (N-methyl/N-ethyl adjacent to an activating group) is 1. The Hall–Kier alpha value is -6.07. The number of halogens is 1. The predicted octanol–water partition coefficient (Wildman–Crippen LogP) is 4.11. The predicted molar refractivity (Wildman–Crippen MR) is 237 cm³/mol. The van der Waals surface area contributed by atoms with Crippen LogP contribution in [-0.2, 0) is 14.4 Å². The van der Waals surface area contributed by atoms with E-state index < -0.39 is 29.7 Å². The molecule has 9 rings (SSSR count). The van der Waals surface area contributed by atoms with Crippen LogP contribution in [0.15, 0.2) is 53.5 Å². The number of aromatic nitrogens is 3. The average molecular weight is 879 g/mol. The third-order valence-corrected chi connectivity index (χ3v) is 13.6. The molecular formula is C45H51ClN10O7. The SMILES string of the molecule is CNC(=O)COc1cc2cc(Nc3nc(N4CCN(CC5CCC6(CC5)CN(c5cccc7c5C(=O)N(C5CCC(=O)NC5=O)C7=O)C6)CC4)ncc3Cl)ccc2n(C(C)C)c1=O. The number of amides is 5. The number of piperidine rings is 1. The van der Waals surface area contributed by atoms with Gasteiger partial charge >= 0.3 is 0 Å². The molecule has 17 nitrogen and oxygen atoms in total. The smallest absolute Gasteiger partial charge is 0.293 e. The van der Waals surface area contributed by atoms with Crippen LogP contribution in [-0.4, -0.2) is 119 Å². The molecule has 5 aliphatic rings. The lowest BCUT2D eigenvalue weighted by atomic mass is 9.65. The van der Waals surface area contributed by atoms with Crippen molar-refractivity contribution in [2.45, 2.75) is 64.5 Å². The van der Waals surface area contributed by atoms with Crippen LogP contribution in [0.4, 0.5) is 23.1 Å². The summed E-state index contributed by atoms with van der Waals surface area (Å²) in [6.07, 6.45) is 6.30. The van der Waals surface area contributed by atoms with E-state index in [2.05, 4.69) is 35.6 Å². The van der Waals surface area contributed by atoms with Crippen LogP contribution < -0.4 is 36.0 Å². The second-order valence-corrected chi connectivity index (χ2v) is 18.1. The van der Waals surface area contributed by atoms with Gasteiger partial charge in [0.25, 0.3) is 23.3 Å². The highest BCUT2D eigenvalue weighted by Crippen LogP contribution is 2.49. The van der Waals surface area contributed by atoms with Crippen LogP contribution in [0.1, 0.15) is 79.1 Å². The van der Waals surface area contributed by atoms with Gasteiger partial charge in [0.2, 0.25) is 17.8 Å². The summed E-state index contributed by atoms with van der Waals surface area (Å²) in [6, 6.07) is 11.5. The maximum atomic E-state index is 13.7. The molecule has 2 aromatic heterocycles. The molecule has 0 bridgehead atoms. The first kappa shape index (κ1) is 42.2. The summed E-state index contributed by atoms with van der Waals surface area (Å²) in [5.41, 5.74) is 2.73. The Bertz CT molecular complexity index is 2570. The number of carbonyl (C=O) groups is 5. The molecule has 6 heterocycles. The van der Waals surface area contributed by atoms with E-state index in [0.717, 1.165) is 93.0 Å². The zero-order chi connectivity index (χ0) is 44.2. The highest BCUT2D eigenvalue weighted by Gasteiger charge is 2.50. The Morgan fingerprint density at radius 3 is 2.44 bits per heavy atom. The van der Waals surface area contributed by atoms with Crippen molar-refractivity contribution < 1.29 is 28.7 Å². The molecule has 1 saturated carbocycles. The van der Waals surface area contributed by atoms with Gasteiger partial charge in [-0.3, -0.25) is 43.9 Å². The standard InChI is InChI=1S/C45H51ClN10O7/c1-26(2)55-32-8-7-29(19-28(32)20-35(42(55)61)63-23-37(58)47-3)49-39-31(46)21-48-44(51-39)53-17-15-52(16-18-53)22-27-11-13-45(14-12-27)24-54(25-45)33-6-4-5-30-38(33)43(62)56(41(30)60)34-9-10-36(57)50-40(34)59/h4-8,19-21,26-27,34H,9-18,22-25H2,1-3H3,(H,47,58)(H,48,49,51)(H,50,57,59). The third-order valence-electron chi connectivity index (χ3n) is 13.3. The molecule has 4 fully saturated rings. The van der Waals surface area contributed by atoms with Crippen LogP contribution >= 0.6 is 11.6 Å². The van der Waals surface area contributed by atoms with Gasteiger partial charge in [-0.15, -0.1) is 0 Å². The first-order valence-corrected chi connectivity index (χ1v) is 22.1. The molecule has 4 aliphatic heterocycles. The minimum atomic E-state index is -0.983. The maximum absolute atomic E-state index is 13.7. The number of nitrogens with one attached hydrogen (secondary N) is 3. The molecule has 63 heavy (non-hydrogen) atoms. The van der Waals surface area contributed by atoms with Crippen molar-refractivity contribution in [3.63, 3.8) is 0 Å². The molecule has 1 atom stereocenters. The second-order valence-electron chi connectivity index (χ2n) is 17.7. The molecular weight excluding hydrogens is 828 g/mol. The number of ether oxygens (including phenoxy) is 1. The number of pyridine rings is 1. The van der Waals surface area contributed by atoms with E-state index in [1.54, 1.807) is 29.0 Å². The maximum Gasteiger partial charge on any atom is 0.293 e. The lowest BCUT2D eigenvalue weighted by Crippen LogP contribution is -2.58. The van der Waals surface area contributed by atoms with E-state index in [0.29, 0.717) is 39.5 Å². The number of nitrogens with zero attached hydrogens (tertiary/aromatic N) is 7. The molecule has 1 unspecified atom stereocenters.